The summed E-state index contributed by atoms with van der Waals surface area (Å²) in [4.78, 5) is 42.9. The smallest absolute Gasteiger partial charge is 0.462 e. The van der Waals surface area contributed by atoms with Gasteiger partial charge >= 0.3 is 19.8 Å². The molecule has 294 valence electrons. The van der Waals surface area contributed by atoms with E-state index in [4.69, 9.17) is 19.3 Å². The van der Waals surface area contributed by atoms with Crippen molar-refractivity contribution in [2.75, 3.05) is 13.2 Å². The summed E-state index contributed by atoms with van der Waals surface area (Å²) in [6.45, 7) is 5.71. The maximum atomic E-state index is 12.5. The number of hydrogen-bond acceptors (Lipinski definition) is 9. The normalized spacial score (nSPS) is 21.4. The van der Waals surface area contributed by atoms with Crippen LogP contribution < -0.4 is 0 Å². The van der Waals surface area contributed by atoms with E-state index in [2.05, 4.69) is 25.3 Å². The fraction of sp³-hybridized carbons (Fsp3) is 0.895. The molecule has 1 fully saturated rings. The highest BCUT2D eigenvalue weighted by Gasteiger charge is 2.39. The largest absolute Gasteiger partial charge is 0.469 e. The van der Waals surface area contributed by atoms with Gasteiger partial charge in [-0.15, -0.1) is 0 Å². The molecular weight excluding hydrogens is 663 g/mol. The lowest BCUT2D eigenvalue weighted by Crippen LogP contribution is -2.29. The summed E-state index contributed by atoms with van der Waals surface area (Å²) >= 11 is 0. The quantitative estimate of drug-likeness (QED) is 0.0204. The number of carbonyl (C=O) groups is 2. The Balaban J connectivity index is 2.32. The number of phosphoric acid groups is 1. The van der Waals surface area contributed by atoms with Gasteiger partial charge in [0.1, 0.15) is 6.61 Å². The van der Waals surface area contributed by atoms with Gasteiger partial charge in [0.2, 0.25) is 0 Å². The van der Waals surface area contributed by atoms with Crippen molar-refractivity contribution in [3.05, 3.63) is 12.2 Å². The van der Waals surface area contributed by atoms with Crippen molar-refractivity contribution in [1.29, 1.82) is 0 Å². The van der Waals surface area contributed by atoms with Crippen LogP contribution in [-0.2, 0) is 28.2 Å². The van der Waals surface area contributed by atoms with Crippen molar-refractivity contribution in [1.82, 2.24) is 0 Å². The molecule has 1 rings (SSSR count). The van der Waals surface area contributed by atoms with Gasteiger partial charge in [-0.1, -0.05) is 129 Å². The third-order valence-corrected chi connectivity index (χ3v) is 10.4. The van der Waals surface area contributed by atoms with Crippen molar-refractivity contribution in [2.24, 2.45) is 17.8 Å². The highest BCUT2D eigenvalue weighted by Crippen LogP contribution is 2.38. The van der Waals surface area contributed by atoms with Crippen LogP contribution in [0.5, 0.6) is 0 Å². The van der Waals surface area contributed by atoms with E-state index in [0.29, 0.717) is 25.7 Å². The molecule has 0 saturated heterocycles. The van der Waals surface area contributed by atoms with Crippen LogP contribution >= 0.6 is 7.82 Å². The summed E-state index contributed by atoms with van der Waals surface area (Å²) in [5.41, 5.74) is 0. The van der Waals surface area contributed by atoms with Crippen LogP contribution in [0.2, 0.25) is 0 Å². The highest BCUT2D eigenvalue weighted by molar-refractivity contribution is 7.46. The molecule has 0 aromatic carbocycles. The summed E-state index contributed by atoms with van der Waals surface area (Å²) in [5, 5.41) is 31.2. The SMILES string of the molecule is CCCCC[C@H](O)/C=C/[C@@H]1[C@@H](CCCCCCC(=O)O[C@H](COC(=O)CCCCCCCCCCC(C)CC)COP(=O)(O)O)[C@@H](O)C[C@H]1O. The second-order valence-corrected chi connectivity index (χ2v) is 15.7. The summed E-state index contributed by atoms with van der Waals surface area (Å²) in [6.07, 6.45) is 20.1. The zero-order valence-electron chi connectivity index (χ0n) is 31.3. The molecule has 11 nitrogen and oxygen atoms in total. The molecular formula is C38H71O11P. The molecule has 12 heteroatoms. The Hall–Kier alpha value is -1.33. The van der Waals surface area contributed by atoms with Crippen molar-refractivity contribution < 1.29 is 53.3 Å². The van der Waals surface area contributed by atoms with Crippen LogP contribution in [0.1, 0.15) is 162 Å². The zero-order valence-corrected chi connectivity index (χ0v) is 32.2. The van der Waals surface area contributed by atoms with Crippen molar-refractivity contribution in [2.45, 2.75) is 186 Å². The van der Waals surface area contributed by atoms with Gasteiger partial charge in [0.25, 0.3) is 0 Å². The van der Waals surface area contributed by atoms with E-state index in [0.717, 1.165) is 70.1 Å². The number of ether oxygens (including phenoxy) is 2. The monoisotopic (exact) mass is 734 g/mol. The first-order valence-electron chi connectivity index (χ1n) is 19.6. The third-order valence-electron chi connectivity index (χ3n) is 9.92. The molecule has 0 aromatic rings. The van der Waals surface area contributed by atoms with Crippen molar-refractivity contribution >= 4 is 19.8 Å². The van der Waals surface area contributed by atoms with E-state index >= 15 is 0 Å². The Kier molecular flexibility index (Phi) is 26.3. The van der Waals surface area contributed by atoms with Crippen LogP contribution in [0, 0.1) is 17.8 Å². The number of aliphatic hydroxyl groups excluding tert-OH is 3. The molecule has 0 amide bonds. The topological polar surface area (TPSA) is 180 Å². The Morgan fingerprint density at radius 1 is 0.780 bits per heavy atom. The Bertz CT molecular complexity index is 955. The molecule has 0 heterocycles. The minimum Gasteiger partial charge on any atom is -0.462 e. The van der Waals surface area contributed by atoms with Gasteiger partial charge in [0.05, 0.1) is 24.9 Å². The van der Waals surface area contributed by atoms with E-state index in [-0.39, 0.29) is 31.3 Å². The second-order valence-electron chi connectivity index (χ2n) is 14.5. The van der Waals surface area contributed by atoms with E-state index in [9.17, 15) is 29.5 Å². The van der Waals surface area contributed by atoms with Crippen LogP contribution in [0.25, 0.3) is 0 Å². The predicted molar refractivity (Wildman–Crippen MR) is 195 cm³/mol. The Morgan fingerprint density at radius 2 is 1.36 bits per heavy atom. The first-order chi connectivity index (χ1) is 23.9. The fourth-order valence-electron chi connectivity index (χ4n) is 6.56. The lowest BCUT2D eigenvalue weighted by Gasteiger charge is -2.21. The lowest BCUT2D eigenvalue weighted by molar-refractivity contribution is -0.161. The average Bonchev–Trinajstić information content (AvgIpc) is 3.34. The number of carbonyl (C=O) groups excluding carboxylic acids is 2. The van der Waals surface area contributed by atoms with Gasteiger partial charge in [0.15, 0.2) is 6.10 Å². The summed E-state index contributed by atoms with van der Waals surface area (Å²) < 4.78 is 26.3. The highest BCUT2D eigenvalue weighted by atomic mass is 31.2. The molecule has 0 spiro atoms. The Morgan fingerprint density at radius 3 is 1.98 bits per heavy atom. The maximum absolute atomic E-state index is 12.5. The molecule has 0 aliphatic heterocycles. The molecule has 1 aliphatic carbocycles. The van der Waals surface area contributed by atoms with Gasteiger partial charge in [0, 0.05) is 25.2 Å². The zero-order chi connectivity index (χ0) is 37.2. The first kappa shape index (κ1) is 46.7. The second kappa shape index (κ2) is 28.2. The fourth-order valence-corrected chi connectivity index (χ4v) is 6.92. The number of aliphatic hydroxyl groups is 3. The summed E-state index contributed by atoms with van der Waals surface area (Å²) in [5.74, 6) is -0.509. The Labute approximate surface area is 302 Å². The minimum absolute atomic E-state index is 0.0876. The maximum Gasteiger partial charge on any atom is 0.469 e. The van der Waals surface area contributed by atoms with Gasteiger partial charge in [-0.05, 0) is 37.5 Å². The van der Waals surface area contributed by atoms with Crippen molar-refractivity contribution in [3.63, 3.8) is 0 Å². The molecule has 0 aromatic heterocycles. The lowest BCUT2D eigenvalue weighted by atomic mass is 9.88. The molecule has 0 radical (unpaired) electrons. The summed E-state index contributed by atoms with van der Waals surface area (Å²) in [7, 11) is -4.81. The van der Waals surface area contributed by atoms with E-state index in [1.807, 2.05) is 6.08 Å². The van der Waals surface area contributed by atoms with Gasteiger partial charge in [-0.3, -0.25) is 14.1 Å². The molecule has 1 saturated carbocycles. The van der Waals surface area contributed by atoms with E-state index in [1.165, 1.54) is 38.5 Å². The van der Waals surface area contributed by atoms with Crippen LogP contribution in [0.4, 0.5) is 0 Å². The summed E-state index contributed by atoms with van der Waals surface area (Å²) in [6, 6.07) is 0. The van der Waals surface area contributed by atoms with E-state index in [1.54, 1.807) is 6.08 Å². The first-order valence-corrected chi connectivity index (χ1v) is 21.2. The molecule has 1 unspecified atom stereocenters. The van der Waals surface area contributed by atoms with Gasteiger partial charge in [-0.2, -0.15) is 0 Å². The standard InChI is InChI=1S/C38H71O11P/c1-4-6-15-21-31(39)25-26-34-33(35(40)27-36(34)41)22-17-13-14-19-24-38(43)49-32(29-48-50(44,45)46)28-47-37(42)23-18-12-10-8-7-9-11-16-20-30(3)5-2/h25-26,30-36,39-41H,4-24,27-29H2,1-3H3,(H2,44,45,46)/b26-25+/t30?,31-,32+,33+,34+,35-,36+/m0/s1. The molecule has 0 bridgehead atoms. The molecule has 1 aliphatic rings. The van der Waals surface area contributed by atoms with Crippen LogP contribution in [0.3, 0.4) is 0 Å². The third kappa shape index (κ3) is 24.0. The number of esters is 2. The van der Waals surface area contributed by atoms with E-state index < -0.39 is 50.8 Å². The van der Waals surface area contributed by atoms with Crippen LogP contribution in [-0.4, -0.2) is 74.7 Å². The van der Waals surface area contributed by atoms with Gasteiger partial charge in [-0.25, -0.2) is 4.57 Å². The minimum atomic E-state index is -4.81. The van der Waals surface area contributed by atoms with Crippen molar-refractivity contribution in [3.8, 4) is 0 Å². The molecule has 7 atom stereocenters. The molecule has 50 heavy (non-hydrogen) atoms. The van der Waals surface area contributed by atoms with Crippen LogP contribution in [0.15, 0.2) is 12.2 Å². The number of rotatable bonds is 31. The van der Waals surface area contributed by atoms with Gasteiger partial charge < -0.3 is 34.6 Å². The number of phosphoric ester groups is 1. The number of unbranched alkanes of at least 4 members (excludes halogenated alkanes) is 12. The average molecular weight is 735 g/mol. The number of hydrogen-bond donors (Lipinski definition) is 5. The predicted octanol–water partition coefficient (Wildman–Crippen LogP) is 7.69. The molecule has 5 N–H and O–H groups in total.